The van der Waals surface area contributed by atoms with Crippen LogP contribution in [0.2, 0.25) is 0 Å². The molecule has 0 saturated heterocycles. The van der Waals surface area contributed by atoms with Crippen molar-refractivity contribution in [3.8, 4) is 0 Å². The van der Waals surface area contributed by atoms with Crippen molar-refractivity contribution in [1.82, 2.24) is 9.80 Å². The van der Waals surface area contributed by atoms with E-state index >= 15 is 0 Å². The van der Waals surface area contributed by atoms with E-state index in [9.17, 15) is 9.90 Å². The van der Waals surface area contributed by atoms with E-state index in [1.807, 2.05) is 17.1 Å². The average molecular weight is 320 g/mol. The minimum atomic E-state index is -0.693. The van der Waals surface area contributed by atoms with E-state index in [4.69, 9.17) is 0 Å². The van der Waals surface area contributed by atoms with Crippen molar-refractivity contribution in [2.45, 2.75) is 33.9 Å². The van der Waals surface area contributed by atoms with Crippen molar-refractivity contribution in [2.75, 3.05) is 26.2 Å². The molecule has 0 heterocycles. The Hall–Kier alpha value is -1.65. The number of amides is 1. The molecule has 0 spiro atoms. The van der Waals surface area contributed by atoms with Crippen molar-refractivity contribution >= 4 is 5.91 Å². The van der Waals surface area contributed by atoms with Crippen molar-refractivity contribution in [3.63, 3.8) is 0 Å². The van der Waals surface area contributed by atoms with Crippen LogP contribution in [0.15, 0.2) is 49.1 Å². The lowest BCUT2D eigenvalue weighted by atomic mass is 10.2. The van der Waals surface area contributed by atoms with E-state index in [1.54, 1.807) is 24.8 Å². The minimum Gasteiger partial charge on any atom is -0.374 e. The molecule has 1 atom stereocenters. The molecule has 130 valence electrons. The Balaban J connectivity index is 4.71. The van der Waals surface area contributed by atoms with Gasteiger partial charge in [0.1, 0.15) is 6.23 Å². The molecule has 0 aromatic carbocycles. The highest BCUT2D eigenvalue weighted by molar-refractivity contribution is 5.92. The quantitative estimate of drug-likeness (QED) is 0.361. The number of hydrogen-bond donors (Lipinski definition) is 1. The molecule has 4 nitrogen and oxygen atoms in total. The van der Waals surface area contributed by atoms with Crippen LogP contribution in [0, 0.1) is 5.92 Å². The summed E-state index contributed by atoms with van der Waals surface area (Å²) in [7, 11) is 0. The van der Waals surface area contributed by atoms with Crippen LogP contribution in [0.3, 0.4) is 0 Å². The number of hydrogen-bond acceptors (Lipinski definition) is 3. The topological polar surface area (TPSA) is 43.8 Å². The third-order valence-corrected chi connectivity index (χ3v) is 3.22. The van der Waals surface area contributed by atoms with Gasteiger partial charge in [-0.05, 0) is 25.3 Å². The molecule has 0 rings (SSSR count). The highest BCUT2D eigenvalue weighted by atomic mass is 16.3. The first-order valence-corrected chi connectivity index (χ1v) is 7.98. The first-order valence-electron chi connectivity index (χ1n) is 7.98. The first kappa shape index (κ1) is 21.4. The summed E-state index contributed by atoms with van der Waals surface area (Å²) in [5, 5.41) is 10.1. The number of carbonyl (C=O) groups is 1. The second-order valence-electron chi connectivity index (χ2n) is 6.32. The summed E-state index contributed by atoms with van der Waals surface area (Å²) in [6, 6.07) is 0. The van der Waals surface area contributed by atoms with Gasteiger partial charge in [0, 0.05) is 31.8 Å². The molecule has 0 aliphatic carbocycles. The summed E-state index contributed by atoms with van der Waals surface area (Å²) in [6.45, 7) is 21.3. The fourth-order valence-corrected chi connectivity index (χ4v) is 2.11. The molecular weight excluding hydrogens is 288 g/mol. The lowest BCUT2D eigenvalue weighted by Crippen LogP contribution is -2.36. The van der Waals surface area contributed by atoms with Gasteiger partial charge >= 0.3 is 0 Å². The SMILES string of the molecule is C=CCN(C/C=C/CN(CC(C)C)C(=O)C(=C)C)C(O)C(=C)C. The second kappa shape index (κ2) is 11.0. The van der Waals surface area contributed by atoms with Gasteiger partial charge < -0.3 is 10.0 Å². The first-order chi connectivity index (χ1) is 10.7. The predicted molar refractivity (Wildman–Crippen MR) is 98.0 cm³/mol. The molecule has 4 heteroatoms. The summed E-state index contributed by atoms with van der Waals surface area (Å²) < 4.78 is 0. The number of rotatable bonds is 11. The van der Waals surface area contributed by atoms with Gasteiger partial charge in [-0.3, -0.25) is 9.69 Å². The number of nitrogens with zero attached hydrogens (tertiary/aromatic N) is 2. The van der Waals surface area contributed by atoms with Crippen LogP contribution >= 0.6 is 0 Å². The Morgan fingerprint density at radius 3 is 2.13 bits per heavy atom. The van der Waals surface area contributed by atoms with Crippen LogP contribution in [0.25, 0.3) is 0 Å². The Morgan fingerprint density at radius 1 is 1.13 bits per heavy atom. The fourth-order valence-electron chi connectivity index (χ4n) is 2.11. The highest BCUT2D eigenvalue weighted by Gasteiger charge is 2.15. The molecule has 1 amide bonds. The van der Waals surface area contributed by atoms with Crippen molar-refractivity contribution in [3.05, 3.63) is 49.1 Å². The van der Waals surface area contributed by atoms with Gasteiger partial charge in [0.15, 0.2) is 0 Å². The second-order valence-corrected chi connectivity index (χ2v) is 6.32. The Kier molecular flexibility index (Phi) is 10.2. The van der Waals surface area contributed by atoms with E-state index in [0.717, 1.165) is 0 Å². The molecule has 0 aliphatic rings. The van der Waals surface area contributed by atoms with Crippen LogP contribution in [0.4, 0.5) is 0 Å². The summed E-state index contributed by atoms with van der Waals surface area (Å²) in [5.41, 5.74) is 1.24. The molecule has 0 saturated carbocycles. The van der Waals surface area contributed by atoms with E-state index in [0.29, 0.717) is 43.2 Å². The number of carbonyl (C=O) groups excluding carboxylic acids is 1. The van der Waals surface area contributed by atoms with Crippen LogP contribution in [-0.4, -0.2) is 53.2 Å². The van der Waals surface area contributed by atoms with Crippen molar-refractivity contribution < 1.29 is 9.90 Å². The average Bonchev–Trinajstić information content (AvgIpc) is 2.46. The third-order valence-electron chi connectivity index (χ3n) is 3.22. The lowest BCUT2D eigenvalue weighted by molar-refractivity contribution is -0.127. The van der Waals surface area contributed by atoms with E-state index < -0.39 is 6.23 Å². The maximum absolute atomic E-state index is 12.1. The summed E-state index contributed by atoms with van der Waals surface area (Å²) >= 11 is 0. The molecule has 1 unspecified atom stereocenters. The monoisotopic (exact) mass is 320 g/mol. The van der Waals surface area contributed by atoms with Crippen LogP contribution in [-0.2, 0) is 4.79 Å². The molecule has 0 aliphatic heterocycles. The van der Waals surface area contributed by atoms with Gasteiger partial charge in [0.2, 0.25) is 5.91 Å². The van der Waals surface area contributed by atoms with Gasteiger partial charge in [-0.2, -0.15) is 0 Å². The predicted octanol–water partition coefficient (Wildman–Crippen LogP) is 2.99. The minimum absolute atomic E-state index is 0.0201. The van der Waals surface area contributed by atoms with E-state index in [-0.39, 0.29) is 5.91 Å². The van der Waals surface area contributed by atoms with E-state index in [2.05, 4.69) is 33.6 Å². The van der Waals surface area contributed by atoms with Crippen LogP contribution in [0.5, 0.6) is 0 Å². The molecule has 0 aromatic heterocycles. The van der Waals surface area contributed by atoms with Crippen molar-refractivity contribution in [2.24, 2.45) is 5.92 Å². The van der Waals surface area contributed by atoms with Crippen LogP contribution in [0.1, 0.15) is 27.7 Å². The van der Waals surface area contributed by atoms with Gasteiger partial charge in [0.05, 0.1) is 0 Å². The molecular formula is C19H32N2O2. The lowest BCUT2D eigenvalue weighted by Gasteiger charge is -2.26. The summed E-state index contributed by atoms with van der Waals surface area (Å²) in [4.78, 5) is 15.8. The summed E-state index contributed by atoms with van der Waals surface area (Å²) in [6.07, 6.45) is 4.95. The standard InChI is InChI=1S/C19H32N2O2/c1-8-11-20(18(22)16(4)5)12-9-10-13-21(14-15(2)3)19(23)17(6)7/h8-10,15,18,22H,1,4,6,11-14H2,2-3,5,7H3/b10-9+. The third kappa shape index (κ3) is 8.53. The zero-order valence-electron chi connectivity index (χ0n) is 15.1. The molecule has 0 fully saturated rings. The van der Waals surface area contributed by atoms with Gasteiger partial charge in [-0.1, -0.05) is 45.2 Å². The van der Waals surface area contributed by atoms with E-state index in [1.165, 1.54) is 0 Å². The molecule has 0 radical (unpaired) electrons. The number of aliphatic hydroxyl groups is 1. The molecule has 1 N–H and O–H groups in total. The fraction of sp³-hybridized carbons (Fsp3) is 0.526. The zero-order valence-corrected chi connectivity index (χ0v) is 15.1. The van der Waals surface area contributed by atoms with Gasteiger partial charge in [-0.25, -0.2) is 0 Å². The molecule has 0 aromatic rings. The molecule has 0 bridgehead atoms. The Bertz CT molecular complexity index is 452. The smallest absolute Gasteiger partial charge is 0.249 e. The maximum atomic E-state index is 12.1. The molecule has 23 heavy (non-hydrogen) atoms. The summed E-state index contributed by atoms with van der Waals surface area (Å²) in [5.74, 6) is 0.377. The van der Waals surface area contributed by atoms with Gasteiger partial charge in [0.25, 0.3) is 0 Å². The zero-order chi connectivity index (χ0) is 18.0. The van der Waals surface area contributed by atoms with Crippen molar-refractivity contribution in [1.29, 1.82) is 0 Å². The Morgan fingerprint density at radius 2 is 1.70 bits per heavy atom. The maximum Gasteiger partial charge on any atom is 0.249 e. The highest BCUT2D eigenvalue weighted by Crippen LogP contribution is 2.07. The Labute approximate surface area is 141 Å². The van der Waals surface area contributed by atoms with Crippen LogP contribution < -0.4 is 0 Å². The van der Waals surface area contributed by atoms with Gasteiger partial charge in [-0.15, -0.1) is 6.58 Å². The largest absolute Gasteiger partial charge is 0.374 e. The normalized spacial score (nSPS) is 12.7. The number of aliphatic hydroxyl groups excluding tert-OH is 1.